The number of amides is 1. The summed E-state index contributed by atoms with van der Waals surface area (Å²) in [6.07, 6.45) is 8.75. The van der Waals surface area contributed by atoms with Gasteiger partial charge in [0.25, 0.3) is 0 Å². The lowest BCUT2D eigenvalue weighted by Crippen LogP contribution is -2.26. The molecule has 1 aliphatic rings. The highest BCUT2D eigenvalue weighted by Crippen LogP contribution is 2.19. The maximum atomic E-state index is 11.9. The highest BCUT2D eigenvalue weighted by Gasteiger charge is 2.09. The molecule has 0 fully saturated rings. The molecule has 1 amide bonds. The van der Waals surface area contributed by atoms with Crippen molar-refractivity contribution in [2.45, 2.75) is 45.1 Å². The molecule has 1 heterocycles. The minimum Gasteiger partial charge on any atom is -0.355 e. The summed E-state index contributed by atoms with van der Waals surface area (Å²) in [7, 11) is 4.04. The van der Waals surface area contributed by atoms with E-state index in [1.165, 1.54) is 31.3 Å². The van der Waals surface area contributed by atoms with Gasteiger partial charge in [0.05, 0.1) is 12.1 Å². The summed E-state index contributed by atoms with van der Waals surface area (Å²) >= 11 is 1.62. The molecule has 0 saturated carbocycles. The first-order chi connectivity index (χ1) is 10.1. The van der Waals surface area contributed by atoms with E-state index in [0.29, 0.717) is 6.42 Å². The smallest absolute Gasteiger partial charge is 0.226 e. The third-order valence-corrected chi connectivity index (χ3v) is 4.43. The third-order valence-electron chi connectivity index (χ3n) is 3.55. The van der Waals surface area contributed by atoms with Gasteiger partial charge in [-0.2, -0.15) is 0 Å². The molecule has 1 aromatic heterocycles. The number of hydrogen-bond acceptors (Lipinski definition) is 4. The standard InChI is InChI=1S/C16H25N3OS/c1-19(2)11-16-18-14(12-21-16)10-15(20)17-9-8-13-6-4-3-5-7-13/h6,12H,3-5,7-11H2,1-2H3,(H,17,20). The second-order valence-corrected chi connectivity index (χ2v) is 6.80. The first-order valence-electron chi connectivity index (χ1n) is 7.66. The monoisotopic (exact) mass is 307 g/mol. The van der Waals surface area contributed by atoms with E-state index in [2.05, 4.69) is 21.3 Å². The average Bonchev–Trinajstić information content (AvgIpc) is 2.86. The molecule has 0 unspecified atom stereocenters. The van der Waals surface area contributed by atoms with E-state index in [4.69, 9.17) is 0 Å². The summed E-state index contributed by atoms with van der Waals surface area (Å²) in [4.78, 5) is 18.5. The van der Waals surface area contributed by atoms with Gasteiger partial charge in [-0.1, -0.05) is 11.6 Å². The van der Waals surface area contributed by atoms with E-state index >= 15 is 0 Å². The molecule has 0 aliphatic heterocycles. The second-order valence-electron chi connectivity index (χ2n) is 5.86. The number of nitrogens with zero attached hydrogens (tertiary/aromatic N) is 2. The lowest BCUT2D eigenvalue weighted by Gasteiger charge is -2.12. The fourth-order valence-corrected chi connectivity index (χ4v) is 3.41. The SMILES string of the molecule is CN(C)Cc1nc(CC(=O)NCCC2=CCCCC2)cs1. The van der Waals surface area contributed by atoms with Gasteiger partial charge in [-0.3, -0.25) is 4.79 Å². The zero-order chi connectivity index (χ0) is 15.1. The van der Waals surface area contributed by atoms with Crippen molar-refractivity contribution in [3.05, 3.63) is 27.7 Å². The minimum atomic E-state index is 0.0770. The largest absolute Gasteiger partial charge is 0.355 e. The molecule has 1 aromatic rings. The average molecular weight is 307 g/mol. The van der Waals surface area contributed by atoms with Crippen LogP contribution in [0.15, 0.2) is 17.0 Å². The first-order valence-corrected chi connectivity index (χ1v) is 8.54. The molecule has 0 aromatic carbocycles. The predicted octanol–water partition coefficient (Wildman–Crippen LogP) is 2.75. The predicted molar refractivity (Wildman–Crippen MR) is 87.4 cm³/mol. The highest BCUT2D eigenvalue weighted by molar-refractivity contribution is 7.09. The number of nitrogens with one attached hydrogen (secondary N) is 1. The van der Waals surface area contributed by atoms with Crippen LogP contribution < -0.4 is 5.32 Å². The molecule has 116 valence electrons. The van der Waals surface area contributed by atoms with Gasteiger partial charge in [0, 0.05) is 18.5 Å². The zero-order valence-electron chi connectivity index (χ0n) is 13.0. The number of carbonyl (C=O) groups is 1. The van der Waals surface area contributed by atoms with Gasteiger partial charge in [0.1, 0.15) is 5.01 Å². The van der Waals surface area contributed by atoms with Gasteiger partial charge in [0.2, 0.25) is 5.91 Å². The Morgan fingerprint density at radius 2 is 2.29 bits per heavy atom. The topological polar surface area (TPSA) is 45.2 Å². The Bertz CT molecular complexity index is 493. The number of hydrogen-bond donors (Lipinski definition) is 1. The number of thiazole rings is 1. The quantitative estimate of drug-likeness (QED) is 0.788. The molecular weight excluding hydrogens is 282 g/mol. The molecule has 0 saturated heterocycles. The van der Waals surface area contributed by atoms with Crippen molar-refractivity contribution in [1.29, 1.82) is 0 Å². The Hall–Kier alpha value is -1.20. The lowest BCUT2D eigenvalue weighted by atomic mass is 9.97. The fraction of sp³-hybridized carbons (Fsp3) is 0.625. The maximum absolute atomic E-state index is 11.9. The van der Waals surface area contributed by atoms with Gasteiger partial charge in [-0.15, -0.1) is 11.3 Å². The molecule has 21 heavy (non-hydrogen) atoms. The Labute approximate surface area is 131 Å². The molecule has 1 N–H and O–H groups in total. The van der Waals surface area contributed by atoms with Gasteiger partial charge >= 0.3 is 0 Å². The van der Waals surface area contributed by atoms with Crippen LogP contribution in [-0.4, -0.2) is 36.4 Å². The molecule has 0 bridgehead atoms. The van der Waals surface area contributed by atoms with Crippen LogP contribution in [0.25, 0.3) is 0 Å². The highest BCUT2D eigenvalue weighted by atomic mass is 32.1. The summed E-state index contributed by atoms with van der Waals surface area (Å²) in [5.74, 6) is 0.0770. The lowest BCUT2D eigenvalue weighted by molar-refractivity contribution is -0.120. The van der Waals surface area contributed by atoms with Crippen LogP contribution in [0.5, 0.6) is 0 Å². The Kier molecular flexibility index (Phi) is 6.39. The summed E-state index contributed by atoms with van der Waals surface area (Å²) < 4.78 is 0. The molecular formula is C16H25N3OS. The van der Waals surface area contributed by atoms with E-state index < -0.39 is 0 Å². The number of aromatic nitrogens is 1. The van der Waals surface area contributed by atoms with Crippen LogP contribution in [0.3, 0.4) is 0 Å². The van der Waals surface area contributed by atoms with Gasteiger partial charge in [-0.25, -0.2) is 4.98 Å². The normalized spacial score (nSPS) is 15.1. The summed E-state index contributed by atoms with van der Waals surface area (Å²) in [5, 5.41) is 6.06. The second kappa shape index (κ2) is 8.29. The van der Waals surface area contributed by atoms with Crippen molar-refractivity contribution >= 4 is 17.2 Å². The van der Waals surface area contributed by atoms with Crippen LogP contribution in [0.2, 0.25) is 0 Å². The molecule has 0 spiro atoms. The van der Waals surface area contributed by atoms with Crippen LogP contribution in [0.1, 0.15) is 42.8 Å². The van der Waals surface area contributed by atoms with E-state index in [9.17, 15) is 4.79 Å². The first kappa shape index (κ1) is 16.2. The Morgan fingerprint density at radius 1 is 1.43 bits per heavy atom. The van der Waals surface area contributed by atoms with Gasteiger partial charge < -0.3 is 10.2 Å². The van der Waals surface area contributed by atoms with Crippen molar-refractivity contribution in [3.8, 4) is 0 Å². The van der Waals surface area contributed by atoms with E-state index in [1.807, 2.05) is 19.5 Å². The summed E-state index contributed by atoms with van der Waals surface area (Å²) in [6.45, 7) is 1.58. The zero-order valence-corrected chi connectivity index (χ0v) is 13.8. The molecule has 2 rings (SSSR count). The van der Waals surface area contributed by atoms with E-state index in [0.717, 1.165) is 30.2 Å². The van der Waals surface area contributed by atoms with Crippen LogP contribution >= 0.6 is 11.3 Å². The number of rotatable bonds is 7. The molecule has 0 radical (unpaired) electrons. The molecule has 5 heteroatoms. The van der Waals surface area contributed by atoms with Gasteiger partial charge in [-0.05, 0) is 46.2 Å². The summed E-state index contributed by atoms with van der Waals surface area (Å²) in [5.41, 5.74) is 2.38. The van der Waals surface area contributed by atoms with Crippen molar-refractivity contribution in [3.63, 3.8) is 0 Å². The minimum absolute atomic E-state index is 0.0770. The van der Waals surface area contributed by atoms with Crippen molar-refractivity contribution in [2.24, 2.45) is 0 Å². The number of carbonyl (C=O) groups excluding carboxylic acids is 1. The van der Waals surface area contributed by atoms with Gasteiger partial charge in [0.15, 0.2) is 0 Å². The van der Waals surface area contributed by atoms with Crippen molar-refractivity contribution in [2.75, 3.05) is 20.6 Å². The van der Waals surface area contributed by atoms with Crippen LogP contribution in [0, 0.1) is 0 Å². The van der Waals surface area contributed by atoms with E-state index in [-0.39, 0.29) is 5.91 Å². The Morgan fingerprint density at radius 3 is 3.00 bits per heavy atom. The fourth-order valence-electron chi connectivity index (χ4n) is 2.49. The third kappa shape index (κ3) is 5.98. The summed E-state index contributed by atoms with van der Waals surface area (Å²) in [6, 6.07) is 0. The molecule has 1 aliphatic carbocycles. The van der Waals surface area contributed by atoms with Crippen LogP contribution in [-0.2, 0) is 17.8 Å². The maximum Gasteiger partial charge on any atom is 0.226 e. The molecule has 0 atom stereocenters. The van der Waals surface area contributed by atoms with Crippen molar-refractivity contribution < 1.29 is 4.79 Å². The molecule has 4 nitrogen and oxygen atoms in total. The van der Waals surface area contributed by atoms with Crippen molar-refractivity contribution in [1.82, 2.24) is 15.2 Å². The van der Waals surface area contributed by atoms with E-state index in [1.54, 1.807) is 11.3 Å². The number of allylic oxidation sites excluding steroid dienone is 1. The Balaban J connectivity index is 1.69. The van der Waals surface area contributed by atoms with Crippen LogP contribution in [0.4, 0.5) is 0 Å².